The summed E-state index contributed by atoms with van der Waals surface area (Å²) < 4.78 is 38.3. The molecule has 120 valence electrons. The van der Waals surface area contributed by atoms with Crippen molar-refractivity contribution in [3.8, 4) is 11.8 Å². The average molecular weight is 313 g/mol. The number of aliphatic hydroxyl groups is 2. The zero-order valence-corrected chi connectivity index (χ0v) is 12.3. The van der Waals surface area contributed by atoms with Gasteiger partial charge in [-0.3, -0.25) is 0 Å². The molecule has 6 heteroatoms. The molecule has 3 N–H and O–H groups in total. The predicted molar refractivity (Wildman–Crippen MR) is 79.3 cm³/mol. The Labute approximate surface area is 127 Å². The van der Waals surface area contributed by atoms with Crippen molar-refractivity contribution < 1.29 is 23.4 Å². The van der Waals surface area contributed by atoms with Gasteiger partial charge in [0, 0.05) is 12.1 Å². The molecule has 22 heavy (non-hydrogen) atoms. The van der Waals surface area contributed by atoms with Crippen LogP contribution in [0.5, 0.6) is 0 Å². The van der Waals surface area contributed by atoms with Crippen LogP contribution in [0.3, 0.4) is 0 Å². The summed E-state index contributed by atoms with van der Waals surface area (Å²) in [5, 5.41) is 21.0. The van der Waals surface area contributed by atoms with Crippen molar-refractivity contribution in [3.63, 3.8) is 0 Å². The molecule has 0 fully saturated rings. The lowest BCUT2D eigenvalue weighted by molar-refractivity contribution is -0.137. The molecular formula is C16H18F3NO2. The molecule has 3 nitrogen and oxygen atoms in total. The fourth-order valence-electron chi connectivity index (χ4n) is 1.52. The number of alkyl halides is 3. The second-order valence-electron chi connectivity index (χ2n) is 5.10. The maximum absolute atomic E-state index is 12.8. The summed E-state index contributed by atoms with van der Waals surface area (Å²) in [5.74, 6) is 5.23. The minimum absolute atomic E-state index is 0.143. The van der Waals surface area contributed by atoms with Gasteiger partial charge in [-0.1, -0.05) is 24.0 Å². The number of hydrogen-bond acceptors (Lipinski definition) is 3. The van der Waals surface area contributed by atoms with Gasteiger partial charge in [-0.2, -0.15) is 13.2 Å². The number of hydrogen-bond donors (Lipinski definition) is 3. The zero-order valence-electron chi connectivity index (χ0n) is 12.3. The summed E-state index contributed by atoms with van der Waals surface area (Å²) in [7, 11) is 0. The second-order valence-corrected chi connectivity index (χ2v) is 5.10. The van der Waals surface area contributed by atoms with Gasteiger partial charge in [-0.15, -0.1) is 0 Å². The highest BCUT2D eigenvalue weighted by Crippen LogP contribution is 2.32. The first-order valence-corrected chi connectivity index (χ1v) is 6.60. The van der Waals surface area contributed by atoms with Crippen LogP contribution >= 0.6 is 0 Å². The zero-order chi connectivity index (χ0) is 16.8. The lowest BCUT2D eigenvalue weighted by Gasteiger charge is -2.12. The average Bonchev–Trinajstić information content (AvgIpc) is 2.40. The predicted octanol–water partition coefficient (Wildman–Crippen LogP) is 2.79. The van der Waals surface area contributed by atoms with Crippen LogP contribution < -0.4 is 5.32 Å². The molecule has 0 amide bonds. The Hall–Kier alpha value is -1.97. The Kier molecular flexibility index (Phi) is 6.03. The molecular weight excluding hydrogens is 295 g/mol. The third kappa shape index (κ3) is 6.20. The van der Waals surface area contributed by atoms with E-state index in [1.165, 1.54) is 26.0 Å². The molecule has 1 rings (SSSR count). The fourth-order valence-corrected chi connectivity index (χ4v) is 1.52. The lowest BCUT2D eigenvalue weighted by Crippen LogP contribution is -2.14. The highest BCUT2D eigenvalue weighted by Gasteiger charge is 2.30. The number of nitrogens with one attached hydrogen (secondary N) is 1. The normalized spacial score (nSPS) is 12.1. The number of anilines is 1. The molecule has 0 aliphatic carbocycles. The Morgan fingerprint density at radius 1 is 1.23 bits per heavy atom. The van der Waals surface area contributed by atoms with Gasteiger partial charge in [-0.05, 0) is 32.0 Å². The number of aliphatic hydroxyl groups excluding tert-OH is 1. The lowest BCUT2D eigenvalue weighted by atomic mass is 10.1. The van der Waals surface area contributed by atoms with E-state index in [1.807, 2.05) is 0 Å². The van der Waals surface area contributed by atoms with E-state index in [2.05, 4.69) is 17.2 Å². The molecule has 0 aliphatic rings. The van der Waals surface area contributed by atoms with E-state index < -0.39 is 17.3 Å². The van der Waals surface area contributed by atoms with Gasteiger partial charge in [0.05, 0.1) is 17.9 Å². The molecule has 0 saturated heterocycles. The molecule has 0 bridgehead atoms. The van der Waals surface area contributed by atoms with Crippen LogP contribution in [0.4, 0.5) is 18.9 Å². The molecule has 0 saturated carbocycles. The molecule has 1 aromatic rings. The van der Waals surface area contributed by atoms with E-state index in [0.717, 1.165) is 12.1 Å². The van der Waals surface area contributed by atoms with Gasteiger partial charge in [0.25, 0.3) is 0 Å². The third-order valence-corrected chi connectivity index (χ3v) is 2.53. The topological polar surface area (TPSA) is 52.5 Å². The van der Waals surface area contributed by atoms with Crippen molar-refractivity contribution in [2.75, 3.05) is 18.5 Å². The highest BCUT2D eigenvalue weighted by atomic mass is 19.4. The monoisotopic (exact) mass is 313 g/mol. The quantitative estimate of drug-likeness (QED) is 0.592. The molecule has 0 unspecified atom stereocenters. The van der Waals surface area contributed by atoms with Gasteiger partial charge < -0.3 is 15.5 Å². The van der Waals surface area contributed by atoms with E-state index in [-0.39, 0.29) is 18.8 Å². The van der Waals surface area contributed by atoms with Crippen molar-refractivity contribution in [1.82, 2.24) is 0 Å². The molecule has 0 aromatic heterocycles. The fraction of sp³-hybridized carbons (Fsp3) is 0.375. The summed E-state index contributed by atoms with van der Waals surface area (Å²) in [4.78, 5) is 0. The molecule has 1 aromatic carbocycles. The minimum Gasteiger partial charge on any atom is -0.392 e. The summed E-state index contributed by atoms with van der Waals surface area (Å²) in [6, 6.07) is 3.18. The van der Waals surface area contributed by atoms with E-state index >= 15 is 0 Å². The summed E-state index contributed by atoms with van der Waals surface area (Å²) in [5.41, 5.74) is -1.45. The Morgan fingerprint density at radius 2 is 1.91 bits per heavy atom. The number of rotatable bonds is 4. The van der Waals surface area contributed by atoms with Crippen molar-refractivity contribution in [2.45, 2.75) is 25.6 Å². The molecule has 0 heterocycles. The van der Waals surface area contributed by atoms with E-state index in [9.17, 15) is 18.3 Å². The molecule has 0 spiro atoms. The van der Waals surface area contributed by atoms with E-state index in [1.54, 1.807) is 6.08 Å². The Bertz CT molecular complexity index is 590. The van der Waals surface area contributed by atoms with Crippen molar-refractivity contribution in [1.29, 1.82) is 0 Å². The SMILES string of the molecule is CC(C)(O)C#Cc1ccc(C(F)(F)F)cc1NC/C=C/CO. The van der Waals surface area contributed by atoms with E-state index in [0.29, 0.717) is 5.56 Å². The maximum atomic E-state index is 12.8. The first-order chi connectivity index (χ1) is 10.1. The molecule has 0 atom stereocenters. The van der Waals surface area contributed by atoms with Gasteiger partial charge in [-0.25, -0.2) is 0 Å². The van der Waals surface area contributed by atoms with Gasteiger partial charge in [0.2, 0.25) is 0 Å². The molecule has 0 radical (unpaired) electrons. The Morgan fingerprint density at radius 3 is 2.45 bits per heavy atom. The van der Waals surface area contributed by atoms with Crippen LogP contribution in [0.25, 0.3) is 0 Å². The van der Waals surface area contributed by atoms with Crippen molar-refractivity contribution in [3.05, 3.63) is 41.5 Å². The van der Waals surface area contributed by atoms with Gasteiger partial charge in [0.1, 0.15) is 5.60 Å². The van der Waals surface area contributed by atoms with Gasteiger partial charge in [0.15, 0.2) is 0 Å². The second kappa shape index (κ2) is 7.34. The van der Waals surface area contributed by atoms with Gasteiger partial charge >= 0.3 is 6.18 Å². The highest BCUT2D eigenvalue weighted by molar-refractivity contribution is 5.61. The minimum atomic E-state index is -4.44. The Balaban J connectivity index is 3.13. The molecule has 0 aliphatic heterocycles. The summed E-state index contributed by atoms with van der Waals surface area (Å²) in [6.45, 7) is 3.08. The van der Waals surface area contributed by atoms with Crippen LogP contribution in [-0.4, -0.2) is 29.0 Å². The first kappa shape index (κ1) is 18.1. The number of halogens is 3. The standard InChI is InChI=1S/C16H18F3NO2/c1-15(2,22)8-7-12-5-6-13(16(17,18)19)11-14(12)20-9-3-4-10-21/h3-6,11,20-22H,9-10H2,1-2H3/b4-3+. The van der Waals surface area contributed by atoms with E-state index in [4.69, 9.17) is 5.11 Å². The smallest absolute Gasteiger partial charge is 0.392 e. The van der Waals surface area contributed by atoms with Crippen molar-refractivity contribution >= 4 is 5.69 Å². The van der Waals surface area contributed by atoms with Crippen LogP contribution in [0.1, 0.15) is 25.0 Å². The maximum Gasteiger partial charge on any atom is 0.416 e. The van der Waals surface area contributed by atoms with Crippen LogP contribution in [0, 0.1) is 11.8 Å². The third-order valence-electron chi connectivity index (χ3n) is 2.53. The summed E-state index contributed by atoms with van der Waals surface area (Å²) in [6.07, 6.45) is -1.38. The van der Waals surface area contributed by atoms with Crippen LogP contribution in [-0.2, 0) is 6.18 Å². The largest absolute Gasteiger partial charge is 0.416 e. The number of benzene rings is 1. The van der Waals surface area contributed by atoms with Crippen LogP contribution in [0.2, 0.25) is 0 Å². The summed E-state index contributed by atoms with van der Waals surface area (Å²) >= 11 is 0. The van der Waals surface area contributed by atoms with Crippen LogP contribution in [0.15, 0.2) is 30.4 Å². The first-order valence-electron chi connectivity index (χ1n) is 6.60. The van der Waals surface area contributed by atoms with Crippen molar-refractivity contribution in [2.24, 2.45) is 0 Å².